The summed E-state index contributed by atoms with van der Waals surface area (Å²) < 4.78 is 15.7. The maximum Gasteiger partial charge on any atom is 0.353 e. The van der Waals surface area contributed by atoms with Crippen molar-refractivity contribution in [1.82, 2.24) is 0 Å². The first-order valence-electron chi connectivity index (χ1n) is 10.5. The molecule has 1 aromatic heterocycles. The number of Topliss-reactive ketones (excluding diaryl/α,β-unsaturated/α-hetero) is 1. The van der Waals surface area contributed by atoms with Crippen LogP contribution in [-0.4, -0.2) is 43.9 Å². The molecule has 8 nitrogen and oxygen atoms in total. The molecule has 0 aliphatic carbocycles. The molecule has 0 saturated carbocycles. The molecule has 10 heteroatoms. The summed E-state index contributed by atoms with van der Waals surface area (Å²) in [6.07, 6.45) is -0.0486. The fraction of sp³-hybridized carbons (Fsp3) is 0.200. The van der Waals surface area contributed by atoms with E-state index in [2.05, 4.69) is 0 Å². The summed E-state index contributed by atoms with van der Waals surface area (Å²) in [6.45, 7) is -0.384. The van der Waals surface area contributed by atoms with Crippen molar-refractivity contribution in [3.63, 3.8) is 0 Å². The molecule has 1 aliphatic heterocycles. The summed E-state index contributed by atoms with van der Waals surface area (Å²) in [6, 6.07) is 14.2. The molecular weight excluding hydrogens is 494 g/mol. The molecule has 3 aromatic rings. The van der Waals surface area contributed by atoms with Crippen molar-refractivity contribution in [2.75, 3.05) is 25.2 Å². The molecule has 35 heavy (non-hydrogen) atoms. The Morgan fingerprint density at radius 2 is 1.89 bits per heavy atom. The van der Waals surface area contributed by atoms with Crippen LogP contribution in [0.4, 0.5) is 5.69 Å². The van der Waals surface area contributed by atoms with Gasteiger partial charge in [-0.25, -0.2) is 4.79 Å². The number of hydrogen-bond donors (Lipinski definition) is 0. The smallest absolute Gasteiger partial charge is 0.353 e. The molecule has 0 bridgehead atoms. The summed E-state index contributed by atoms with van der Waals surface area (Å²) in [5, 5.41) is 2.20. The second-order valence-electron chi connectivity index (χ2n) is 7.64. The zero-order chi connectivity index (χ0) is 24.9. The summed E-state index contributed by atoms with van der Waals surface area (Å²) >= 11 is 7.32. The van der Waals surface area contributed by atoms with Crippen molar-refractivity contribution < 1.29 is 33.4 Å². The fourth-order valence-corrected chi connectivity index (χ4v) is 4.34. The maximum atomic E-state index is 12.5. The molecule has 2 heterocycles. The molecule has 1 fully saturated rings. The van der Waals surface area contributed by atoms with Crippen LogP contribution in [0.1, 0.15) is 26.5 Å². The highest BCUT2D eigenvalue weighted by atomic mass is 35.5. The van der Waals surface area contributed by atoms with Crippen LogP contribution in [-0.2, 0) is 14.3 Å². The average Bonchev–Trinajstić information content (AvgIpc) is 3.53. The van der Waals surface area contributed by atoms with Gasteiger partial charge in [0.15, 0.2) is 12.4 Å². The Morgan fingerprint density at radius 1 is 1.11 bits per heavy atom. The van der Waals surface area contributed by atoms with Crippen LogP contribution in [0.3, 0.4) is 0 Å². The minimum atomic E-state index is -0.724. The Bertz CT molecular complexity index is 1260. The Hall–Kier alpha value is -3.69. The molecule has 0 N–H and O–H groups in total. The van der Waals surface area contributed by atoms with Gasteiger partial charge in [0, 0.05) is 23.6 Å². The van der Waals surface area contributed by atoms with Gasteiger partial charge in [0.1, 0.15) is 16.4 Å². The van der Waals surface area contributed by atoms with Crippen LogP contribution in [0.15, 0.2) is 60.0 Å². The standard InChI is InChI=1S/C25H20ClNO7S/c1-32-21-9-6-17(26)12-19(21)27-13-16(11-23(27)29)24(30)33-14-20(28)15-4-7-18(8-5-15)34-25(31)22-3-2-10-35-22/h2-10,12,16H,11,13-14H2,1H3. The number of nitrogens with zero attached hydrogens (tertiary/aromatic N) is 1. The maximum absolute atomic E-state index is 12.5. The van der Waals surface area contributed by atoms with Crippen molar-refractivity contribution in [2.24, 2.45) is 5.92 Å². The van der Waals surface area contributed by atoms with Crippen molar-refractivity contribution in [1.29, 1.82) is 0 Å². The van der Waals surface area contributed by atoms with E-state index in [1.807, 2.05) is 0 Å². The average molecular weight is 514 g/mol. The highest BCUT2D eigenvalue weighted by Crippen LogP contribution is 2.35. The predicted molar refractivity (Wildman–Crippen MR) is 129 cm³/mol. The van der Waals surface area contributed by atoms with Gasteiger partial charge in [-0.15, -0.1) is 11.3 Å². The van der Waals surface area contributed by atoms with E-state index in [0.717, 1.165) is 0 Å². The quantitative estimate of drug-likeness (QED) is 0.250. The minimum absolute atomic E-state index is 0.0486. The van der Waals surface area contributed by atoms with Gasteiger partial charge in [-0.2, -0.15) is 0 Å². The van der Waals surface area contributed by atoms with E-state index in [-0.39, 0.29) is 24.6 Å². The summed E-state index contributed by atoms with van der Waals surface area (Å²) in [5.41, 5.74) is 0.762. The topological polar surface area (TPSA) is 99.2 Å². The number of benzene rings is 2. The van der Waals surface area contributed by atoms with Crippen LogP contribution in [0.5, 0.6) is 11.5 Å². The number of rotatable bonds is 8. The number of thiophene rings is 1. The molecule has 1 saturated heterocycles. The lowest BCUT2D eigenvalue weighted by molar-refractivity contribution is -0.147. The minimum Gasteiger partial charge on any atom is -0.495 e. The number of esters is 2. The summed E-state index contributed by atoms with van der Waals surface area (Å²) in [4.78, 5) is 51.4. The van der Waals surface area contributed by atoms with Crippen LogP contribution in [0.2, 0.25) is 5.02 Å². The van der Waals surface area contributed by atoms with Crippen molar-refractivity contribution >= 4 is 52.3 Å². The van der Waals surface area contributed by atoms with Crippen LogP contribution in [0, 0.1) is 5.92 Å². The second kappa shape index (κ2) is 10.7. The number of ketones is 1. The van der Waals surface area contributed by atoms with Gasteiger partial charge in [0.2, 0.25) is 5.91 Å². The number of anilines is 1. The Balaban J connectivity index is 1.31. The monoisotopic (exact) mass is 513 g/mol. The van der Waals surface area contributed by atoms with E-state index >= 15 is 0 Å². The summed E-state index contributed by atoms with van der Waals surface area (Å²) in [7, 11) is 1.48. The molecule has 1 aliphatic rings. The highest BCUT2D eigenvalue weighted by Gasteiger charge is 2.37. The summed E-state index contributed by atoms with van der Waals surface area (Å²) in [5.74, 6) is -1.80. The zero-order valence-electron chi connectivity index (χ0n) is 18.6. The normalized spacial score (nSPS) is 15.1. The SMILES string of the molecule is COc1ccc(Cl)cc1N1CC(C(=O)OCC(=O)c2ccc(OC(=O)c3cccs3)cc2)CC1=O. The predicted octanol–water partition coefficient (Wildman–Crippen LogP) is 4.41. The van der Waals surface area contributed by atoms with Gasteiger partial charge >= 0.3 is 11.9 Å². The largest absolute Gasteiger partial charge is 0.495 e. The van der Waals surface area contributed by atoms with Gasteiger partial charge in [-0.05, 0) is 53.9 Å². The van der Waals surface area contributed by atoms with Crippen LogP contribution >= 0.6 is 22.9 Å². The zero-order valence-corrected chi connectivity index (χ0v) is 20.1. The molecule has 1 amide bonds. The lowest BCUT2D eigenvalue weighted by Gasteiger charge is -2.19. The van der Waals surface area contributed by atoms with E-state index in [1.165, 1.54) is 47.6 Å². The number of hydrogen-bond acceptors (Lipinski definition) is 8. The highest BCUT2D eigenvalue weighted by molar-refractivity contribution is 7.12. The van der Waals surface area contributed by atoms with Crippen molar-refractivity contribution in [3.8, 4) is 11.5 Å². The van der Waals surface area contributed by atoms with Gasteiger partial charge in [0.05, 0.1) is 18.7 Å². The van der Waals surface area contributed by atoms with Gasteiger partial charge in [0.25, 0.3) is 0 Å². The lowest BCUT2D eigenvalue weighted by atomic mass is 10.1. The number of amides is 1. The van der Waals surface area contributed by atoms with Gasteiger partial charge < -0.3 is 19.1 Å². The number of methoxy groups -OCH3 is 1. The van der Waals surface area contributed by atoms with Crippen LogP contribution < -0.4 is 14.4 Å². The second-order valence-corrected chi connectivity index (χ2v) is 9.03. The van der Waals surface area contributed by atoms with Gasteiger partial charge in [-0.3, -0.25) is 14.4 Å². The molecule has 2 aromatic carbocycles. The third kappa shape index (κ3) is 5.70. The van der Waals surface area contributed by atoms with Crippen molar-refractivity contribution in [3.05, 3.63) is 75.4 Å². The van der Waals surface area contributed by atoms with E-state index < -0.39 is 30.2 Å². The number of carbonyl (C=O) groups excluding carboxylic acids is 4. The first-order chi connectivity index (χ1) is 16.9. The van der Waals surface area contributed by atoms with E-state index in [1.54, 1.807) is 35.7 Å². The van der Waals surface area contributed by atoms with Gasteiger partial charge in [-0.1, -0.05) is 17.7 Å². The molecule has 1 atom stereocenters. The lowest BCUT2D eigenvalue weighted by Crippen LogP contribution is -2.27. The van der Waals surface area contributed by atoms with E-state index in [0.29, 0.717) is 26.9 Å². The molecule has 4 rings (SSSR count). The van der Waals surface area contributed by atoms with E-state index in [9.17, 15) is 19.2 Å². The Morgan fingerprint density at radius 3 is 2.57 bits per heavy atom. The molecule has 1 unspecified atom stereocenters. The molecule has 0 radical (unpaired) electrons. The molecule has 180 valence electrons. The fourth-order valence-electron chi connectivity index (χ4n) is 3.57. The number of carbonyl (C=O) groups is 4. The Labute approximate surface area is 210 Å². The third-order valence-corrected chi connectivity index (χ3v) is 6.43. The molecule has 0 spiro atoms. The number of halogens is 1. The first kappa shape index (κ1) is 24.4. The van der Waals surface area contributed by atoms with Crippen LogP contribution in [0.25, 0.3) is 0 Å². The molecular formula is C25H20ClNO7S. The van der Waals surface area contributed by atoms with E-state index in [4.69, 9.17) is 25.8 Å². The van der Waals surface area contributed by atoms with Crippen molar-refractivity contribution in [2.45, 2.75) is 6.42 Å². The third-order valence-electron chi connectivity index (χ3n) is 5.34. The Kier molecular flexibility index (Phi) is 7.48. The number of ether oxygens (including phenoxy) is 3. The first-order valence-corrected chi connectivity index (χ1v) is 11.8.